The summed E-state index contributed by atoms with van der Waals surface area (Å²) in [6, 6.07) is 8.10. The van der Waals surface area contributed by atoms with Gasteiger partial charge in [-0.1, -0.05) is 122 Å². The Labute approximate surface area is 203 Å². The second-order valence-corrected chi connectivity index (χ2v) is 9.68. The molecule has 1 amide bonds. The Kier molecular flexibility index (Phi) is 13.8. The summed E-state index contributed by atoms with van der Waals surface area (Å²) in [4.78, 5) is 17.4. The van der Waals surface area contributed by atoms with Gasteiger partial charge in [-0.2, -0.15) is 0 Å². The number of nitrogens with zero attached hydrogens (tertiary/aromatic N) is 1. The average Bonchev–Trinajstić information content (AvgIpc) is 2.83. The number of carbonyl (C=O) groups is 1. The molecule has 0 aliphatic rings. The number of fused-ring (bicyclic) bond motifs is 1. The summed E-state index contributed by atoms with van der Waals surface area (Å²) >= 11 is 0. The molecule has 2 aromatic rings. The highest BCUT2D eigenvalue weighted by Gasteiger charge is 2.13. The summed E-state index contributed by atoms with van der Waals surface area (Å²) < 4.78 is 0. The average molecular weight is 453 g/mol. The van der Waals surface area contributed by atoms with E-state index >= 15 is 0 Å². The fraction of sp³-hybridized carbons (Fsp3) is 0.667. The van der Waals surface area contributed by atoms with Crippen LogP contribution in [0.1, 0.15) is 128 Å². The van der Waals surface area contributed by atoms with E-state index in [4.69, 9.17) is 4.98 Å². The highest BCUT2D eigenvalue weighted by molar-refractivity contribution is 6.02. The van der Waals surface area contributed by atoms with Crippen molar-refractivity contribution < 1.29 is 4.79 Å². The zero-order valence-electron chi connectivity index (χ0n) is 21.7. The molecule has 1 N–H and O–H groups in total. The molecule has 0 aliphatic heterocycles. The van der Waals surface area contributed by atoms with E-state index in [1.165, 1.54) is 83.5 Å². The lowest BCUT2D eigenvalue weighted by Gasteiger charge is -2.15. The smallest absolute Gasteiger partial charge is 0.224 e. The van der Waals surface area contributed by atoms with Crippen molar-refractivity contribution in [3.8, 4) is 0 Å². The molecule has 0 bridgehead atoms. The number of pyridine rings is 1. The quantitative estimate of drug-likeness (QED) is 0.229. The topological polar surface area (TPSA) is 42.0 Å². The molecule has 1 aromatic heterocycles. The number of nitrogens with one attached hydrogen (secondary N) is 1. The fourth-order valence-electron chi connectivity index (χ4n) is 4.72. The van der Waals surface area contributed by atoms with E-state index in [9.17, 15) is 4.79 Å². The number of hydrogen-bond donors (Lipinski definition) is 1. The minimum atomic E-state index is 0.131. The molecular weight excluding hydrogens is 404 g/mol. The normalized spacial score (nSPS) is 11.2. The van der Waals surface area contributed by atoms with Gasteiger partial charge in [0, 0.05) is 17.5 Å². The molecule has 1 aromatic carbocycles. The highest BCUT2D eigenvalue weighted by atomic mass is 16.1. The van der Waals surface area contributed by atoms with Gasteiger partial charge in [0.05, 0.1) is 11.2 Å². The van der Waals surface area contributed by atoms with Crippen molar-refractivity contribution in [1.29, 1.82) is 0 Å². The maximum absolute atomic E-state index is 12.6. The van der Waals surface area contributed by atoms with Gasteiger partial charge < -0.3 is 5.32 Å². The number of benzene rings is 1. The molecule has 0 saturated heterocycles. The molecule has 0 atom stereocenters. The molecule has 0 spiro atoms. The molecule has 3 nitrogen and oxygen atoms in total. The third kappa shape index (κ3) is 10.3. The van der Waals surface area contributed by atoms with Crippen molar-refractivity contribution in [3.63, 3.8) is 0 Å². The first-order valence-electron chi connectivity index (χ1n) is 13.9. The lowest BCUT2D eigenvalue weighted by Crippen LogP contribution is -2.13. The van der Waals surface area contributed by atoms with Gasteiger partial charge in [0.1, 0.15) is 0 Å². The van der Waals surface area contributed by atoms with Crippen LogP contribution in [0.5, 0.6) is 0 Å². The minimum Gasteiger partial charge on any atom is -0.325 e. The summed E-state index contributed by atoms with van der Waals surface area (Å²) in [5.74, 6) is 0.131. The van der Waals surface area contributed by atoms with Crippen molar-refractivity contribution in [1.82, 2.24) is 4.98 Å². The Morgan fingerprint density at radius 1 is 0.758 bits per heavy atom. The predicted molar refractivity (Wildman–Crippen MR) is 144 cm³/mol. The van der Waals surface area contributed by atoms with Crippen LogP contribution < -0.4 is 5.32 Å². The number of unbranched alkanes of at least 4 members (excludes halogenated alkanes) is 14. The van der Waals surface area contributed by atoms with E-state index in [0.29, 0.717) is 6.42 Å². The second kappa shape index (κ2) is 16.7. The first-order valence-corrected chi connectivity index (χ1v) is 13.9. The van der Waals surface area contributed by atoms with Gasteiger partial charge in [-0.05, 0) is 31.4 Å². The fourth-order valence-corrected chi connectivity index (χ4v) is 4.72. The Hall–Kier alpha value is -1.90. The minimum absolute atomic E-state index is 0.131. The summed E-state index contributed by atoms with van der Waals surface area (Å²) in [5, 5.41) is 4.24. The van der Waals surface area contributed by atoms with E-state index in [1.807, 2.05) is 18.2 Å². The Balaban J connectivity index is 1.54. The van der Waals surface area contributed by atoms with Crippen LogP contribution in [0.4, 0.5) is 5.69 Å². The van der Waals surface area contributed by atoms with E-state index in [1.54, 1.807) is 0 Å². The second-order valence-electron chi connectivity index (χ2n) is 9.68. The summed E-state index contributed by atoms with van der Waals surface area (Å²) in [5.41, 5.74) is 4.07. The molecule has 0 unspecified atom stereocenters. The molecule has 184 valence electrons. The lowest BCUT2D eigenvalue weighted by atomic mass is 10.0. The van der Waals surface area contributed by atoms with Crippen LogP contribution in [0.3, 0.4) is 0 Å². The van der Waals surface area contributed by atoms with Gasteiger partial charge in [-0.25, -0.2) is 0 Å². The molecule has 2 rings (SSSR count). The molecule has 33 heavy (non-hydrogen) atoms. The Morgan fingerprint density at radius 3 is 1.82 bits per heavy atom. The monoisotopic (exact) mass is 452 g/mol. The van der Waals surface area contributed by atoms with Crippen LogP contribution in [0.25, 0.3) is 10.9 Å². The molecule has 0 radical (unpaired) electrons. The lowest BCUT2D eigenvalue weighted by molar-refractivity contribution is -0.116. The van der Waals surface area contributed by atoms with Gasteiger partial charge in [-0.15, -0.1) is 0 Å². The highest BCUT2D eigenvalue weighted by Crippen LogP contribution is 2.28. The van der Waals surface area contributed by atoms with Gasteiger partial charge in [-0.3, -0.25) is 9.78 Å². The van der Waals surface area contributed by atoms with E-state index < -0.39 is 0 Å². The Bertz CT molecular complexity index is 814. The van der Waals surface area contributed by atoms with Crippen LogP contribution >= 0.6 is 0 Å². The van der Waals surface area contributed by atoms with Gasteiger partial charge in [0.2, 0.25) is 5.91 Å². The van der Waals surface area contributed by atoms with Crippen LogP contribution in [-0.2, 0) is 11.2 Å². The number of aromatic nitrogens is 1. The number of carbonyl (C=O) groups excluding carboxylic acids is 1. The summed E-state index contributed by atoms with van der Waals surface area (Å²) in [6.07, 6.45) is 21.6. The van der Waals surface area contributed by atoms with Crippen molar-refractivity contribution in [3.05, 3.63) is 35.5 Å². The molecule has 0 fully saturated rings. The third-order valence-electron chi connectivity index (χ3n) is 6.84. The number of hydrogen-bond acceptors (Lipinski definition) is 2. The number of amides is 1. The van der Waals surface area contributed by atoms with E-state index in [0.717, 1.165) is 47.1 Å². The van der Waals surface area contributed by atoms with E-state index in [-0.39, 0.29) is 5.91 Å². The van der Waals surface area contributed by atoms with Crippen molar-refractivity contribution in [2.75, 3.05) is 5.32 Å². The van der Waals surface area contributed by atoms with Gasteiger partial charge >= 0.3 is 0 Å². The zero-order chi connectivity index (χ0) is 23.7. The molecule has 0 aliphatic carbocycles. The first-order chi connectivity index (χ1) is 16.2. The summed E-state index contributed by atoms with van der Waals surface area (Å²) in [7, 11) is 0. The van der Waals surface area contributed by atoms with Crippen LogP contribution in [0, 0.1) is 6.92 Å². The zero-order valence-corrected chi connectivity index (χ0v) is 21.7. The Morgan fingerprint density at radius 2 is 1.27 bits per heavy atom. The SMILES string of the molecule is CCCCCCCCCCCCCCCCCC(=O)Nc1c(C)c(CC)nc2ccccc12. The van der Waals surface area contributed by atoms with Crippen molar-refractivity contribution >= 4 is 22.5 Å². The van der Waals surface area contributed by atoms with Crippen molar-refractivity contribution in [2.45, 2.75) is 130 Å². The number of rotatable bonds is 18. The first kappa shape index (κ1) is 27.3. The van der Waals surface area contributed by atoms with Crippen LogP contribution in [0.15, 0.2) is 24.3 Å². The number of aryl methyl sites for hydroxylation is 1. The predicted octanol–water partition coefficient (Wildman–Crippen LogP) is 9.31. The molecular formula is C30H48N2O. The standard InChI is InChI=1S/C30H48N2O/c1-4-6-7-8-9-10-11-12-13-14-15-16-17-18-19-24-29(33)32-30-25(3)27(5-2)31-28-23-21-20-22-26(28)30/h20-23H,4-19,24H2,1-3H3,(H,31,32,33). The number of anilines is 1. The van der Waals surface area contributed by atoms with Crippen LogP contribution in [-0.4, -0.2) is 10.9 Å². The molecule has 3 heteroatoms. The molecule has 1 heterocycles. The van der Waals surface area contributed by atoms with Gasteiger partial charge in [0.15, 0.2) is 0 Å². The van der Waals surface area contributed by atoms with Crippen LogP contribution in [0.2, 0.25) is 0 Å². The number of para-hydroxylation sites is 1. The van der Waals surface area contributed by atoms with E-state index in [2.05, 4.69) is 32.2 Å². The van der Waals surface area contributed by atoms with Crippen molar-refractivity contribution in [2.24, 2.45) is 0 Å². The maximum atomic E-state index is 12.6. The largest absolute Gasteiger partial charge is 0.325 e. The maximum Gasteiger partial charge on any atom is 0.224 e. The van der Waals surface area contributed by atoms with Gasteiger partial charge in [0.25, 0.3) is 0 Å². The third-order valence-corrected chi connectivity index (χ3v) is 6.84. The summed E-state index contributed by atoms with van der Waals surface area (Å²) in [6.45, 7) is 6.47. The molecule has 0 saturated carbocycles.